The number of esters is 2. The van der Waals surface area contributed by atoms with E-state index in [1.54, 1.807) is 0 Å². The van der Waals surface area contributed by atoms with Crippen LogP contribution in [0.5, 0.6) is 0 Å². The van der Waals surface area contributed by atoms with Crippen molar-refractivity contribution in [3.05, 3.63) is 60.8 Å². The maximum atomic E-state index is 12.5. The van der Waals surface area contributed by atoms with Crippen molar-refractivity contribution in [2.45, 2.75) is 154 Å². The standard InChI is InChI=1S/C40H70NO9P/c1-3-5-7-8-9-10-11-15-18-21-24-27-31-39(43)47-35-38(36-49-51(45,46)48-34-33-41)50-40(44)32-28-25-22-19-16-13-12-14-17-20-23-26-30-37(42)29-6-4-2/h6,12-13,17,19-20,22-23,26,29,37-38,42H,3-5,7-11,14-16,18,21,24-25,27-28,30-36,41H2,1-2H3,(H,45,46)/b13-12-,20-17-,22-19-,26-23+,29-6-/t37?,38-/m1/s1. The minimum absolute atomic E-state index is 0.0355. The Balaban J connectivity index is 4.37. The summed E-state index contributed by atoms with van der Waals surface area (Å²) in [6, 6.07) is 0. The summed E-state index contributed by atoms with van der Waals surface area (Å²) in [6.45, 7) is 3.39. The van der Waals surface area contributed by atoms with Gasteiger partial charge >= 0.3 is 19.8 Å². The third-order valence-corrected chi connectivity index (χ3v) is 8.73. The number of hydrogen-bond acceptors (Lipinski definition) is 9. The van der Waals surface area contributed by atoms with Gasteiger partial charge in [0.1, 0.15) is 6.61 Å². The van der Waals surface area contributed by atoms with Gasteiger partial charge in [0.2, 0.25) is 0 Å². The first-order valence-corrected chi connectivity index (χ1v) is 20.9. The Bertz CT molecular complexity index is 1040. The minimum atomic E-state index is -4.40. The SMILES string of the molecule is CC/C=C\C(O)C/C=C/C=C\C/C=C\C/C=C\CCCC(=O)O[C@H](COC(=O)CCCCCCCCCCCCCC)COP(=O)(O)OCCN. The number of phosphoric ester groups is 1. The van der Waals surface area contributed by atoms with Crippen LogP contribution in [0.4, 0.5) is 0 Å². The van der Waals surface area contributed by atoms with Crippen LogP contribution in [0.2, 0.25) is 0 Å². The molecule has 0 heterocycles. The molecule has 294 valence electrons. The summed E-state index contributed by atoms with van der Waals surface area (Å²) in [5.74, 6) is -0.925. The van der Waals surface area contributed by atoms with Gasteiger partial charge in [-0.05, 0) is 44.9 Å². The summed E-state index contributed by atoms with van der Waals surface area (Å²) in [7, 11) is -4.40. The van der Waals surface area contributed by atoms with Gasteiger partial charge in [0.05, 0.1) is 19.3 Å². The number of hydrogen-bond donors (Lipinski definition) is 3. The van der Waals surface area contributed by atoms with Gasteiger partial charge in [0, 0.05) is 19.4 Å². The van der Waals surface area contributed by atoms with E-state index >= 15 is 0 Å². The van der Waals surface area contributed by atoms with E-state index < -0.39 is 38.6 Å². The second kappa shape index (κ2) is 36.0. The lowest BCUT2D eigenvalue weighted by molar-refractivity contribution is -0.161. The molecule has 0 aliphatic carbocycles. The molecule has 0 rings (SSSR count). The lowest BCUT2D eigenvalue weighted by Gasteiger charge is -2.19. The highest BCUT2D eigenvalue weighted by Crippen LogP contribution is 2.43. The zero-order valence-electron chi connectivity index (χ0n) is 31.7. The number of unbranched alkanes of at least 4 members (excludes halogenated alkanes) is 12. The molecule has 0 aromatic carbocycles. The molecule has 0 aliphatic heterocycles. The number of aliphatic hydroxyl groups is 1. The lowest BCUT2D eigenvalue weighted by Crippen LogP contribution is -2.29. The van der Waals surface area contributed by atoms with Gasteiger partial charge in [0.25, 0.3) is 0 Å². The number of ether oxygens (including phenoxy) is 2. The first kappa shape index (κ1) is 48.7. The summed E-state index contributed by atoms with van der Waals surface area (Å²) in [6.07, 6.45) is 37.4. The van der Waals surface area contributed by atoms with Crippen molar-refractivity contribution in [3.8, 4) is 0 Å². The number of allylic oxidation sites excluding steroid dienone is 8. The fourth-order valence-corrected chi connectivity index (χ4v) is 5.63. The molecule has 0 spiro atoms. The van der Waals surface area contributed by atoms with E-state index in [9.17, 15) is 24.2 Å². The molecule has 4 N–H and O–H groups in total. The molecule has 0 radical (unpaired) electrons. The second-order valence-electron chi connectivity index (χ2n) is 12.6. The normalized spacial score (nSPS) is 14.7. The van der Waals surface area contributed by atoms with Crippen molar-refractivity contribution < 1.29 is 42.7 Å². The lowest BCUT2D eigenvalue weighted by atomic mass is 10.0. The molecule has 0 aromatic rings. The van der Waals surface area contributed by atoms with Crippen LogP contribution >= 0.6 is 7.82 Å². The van der Waals surface area contributed by atoms with Crippen LogP contribution in [0, 0.1) is 0 Å². The van der Waals surface area contributed by atoms with Crippen LogP contribution in [0.15, 0.2) is 60.8 Å². The summed E-state index contributed by atoms with van der Waals surface area (Å²) in [5, 5.41) is 9.75. The molecular formula is C40H70NO9P. The second-order valence-corrected chi connectivity index (χ2v) is 14.1. The van der Waals surface area contributed by atoms with E-state index in [1.807, 2.05) is 55.5 Å². The van der Waals surface area contributed by atoms with Crippen LogP contribution in [-0.4, -0.2) is 60.5 Å². The van der Waals surface area contributed by atoms with E-state index in [1.165, 1.54) is 57.8 Å². The number of aliphatic hydroxyl groups excluding tert-OH is 1. The average Bonchev–Trinajstić information content (AvgIpc) is 3.11. The Kier molecular flexibility index (Phi) is 34.4. The van der Waals surface area contributed by atoms with Crippen LogP contribution in [0.3, 0.4) is 0 Å². The smallest absolute Gasteiger partial charge is 0.462 e. The molecule has 0 bridgehead atoms. The monoisotopic (exact) mass is 739 g/mol. The zero-order valence-corrected chi connectivity index (χ0v) is 32.6. The number of carbonyl (C=O) groups is 2. The van der Waals surface area contributed by atoms with Crippen molar-refractivity contribution >= 4 is 19.8 Å². The largest absolute Gasteiger partial charge is 0.472 e. The first-order valence-electron chi connectivity index (χ1n) is 19.4. The van der Waals surface area contributed by atoms with Crippen LogP contribution in [-0.2, 0) is 32.7 Å². The average molecular weight is 740 g/mol. The molecule has 0 saturated carbocycles. The summed E-state index contributed by atoms with van der Waals surface area (Å²) < 4.78 is 32.6. The van der Waals surface area contributed by atoms with E-state index in [-0.39, 0.29) is 32.6 Å². The highest BCUT2D eigenvalue weighted by Gasteiger charge is 2.25. The Hall–Kier alpha value is -2.33. The predicted octanol–water partition coefficient (Wildman–Crippen LogP) is 9.52. The van der Waals surface area contributed by atoms with E-state index in [2.05, 4.69) is 19.1 Å². The first-order chi connectivity index (χ1) is 24.7. The topological polar surface area (TPSA) is 155 Å². The molecule has 3 atom stereocenters. The molecule has 0 saturated heterocycles. The summed E-state index contributed by atoms with van der Waals surface area (Å²) in [4.78, 5) is 34.7. The van der Waals surface area contributed by atoms with Crippen molar-refractivity contribution in [2.75, 3.05) is 26.4 Å². The zero-order chi connectivity index (χ0) is 37.7. The molecule has 0 aliphatic rings. The van der Waals surface area contributed by atoms with Gasteiger partial charge in [-0.25, -0.2) is 4.57 Å². The van der Waals surface area contributed by atoms with Crippen LogP contribution in [0.1, 0.15) is 142 Å². The molecule has 2 unspecified atom stereocenters. The molecule has 10 nitrogen and oxygen atoms in total. The minimum Gasteiger partial charge on any atom is -0.462 e. The molecule has 0 fully saturated rings. The van der Waals surface area contributed by atoms with Crippen molar-refractivity contribution in [3.63, 3.8) is 0 Å². The van der Waals surface area contributed by atoms with Crippen molar-refractivity contribution in [1.29, 1.82) is 0 Å². The number of carbonyl (C=O) groups excluding carboxylic acids is 2. The fourth-order valence-electron chi connectivity index (χ4n) is 4.87. The molecule has 0 aromatic heterocycles. The third-order valence-electron chi connectivity index (χ3n) is 7.74. The highest BCUT2D eigenvalue weighted by atomic mass is 31.2. The number of nitrogens with two attached hydrogens (primary N) is 1. The Morgan fingerprint density at radius 3 is 1.94 bits per heavy atom. The Morgan fingerprint density at radius 1 is 0.706 bits per heavy atom. The maximum absolute atomic E-state index is 12.5. The summed E-state index contributed by atoms with van der Waals surface area (Å²) in [5.41, 5.74) is 5.32. The van der Waals surface area contributed by atoms with Crippen molar-refractivity contribution in [1.82, 2.24) is 0 Å². The van der Waals surface area contributed by atoms with Gasteiger partial charge < -0.3 is 25.2 Å². The number of phosphoric acid groups is 1. The Labute approximate surface area is 309 Å². The highest BCUT2D eigenvalue weighted by molar-refractivity contribution is 7.47. The summed E-state index contributed by atoms with van der Waals surface area (Å²) >= 11 is 0. The van der Waals surface area contributed by atoms with Gasteiger partial charge in [-0.15, -0.1) is 0 Å². The van der Waals surface area contributed by atoms with Gasteiger partial charge in [0.15, 0.2) is 6.10 Å². The van der Waals surface area contributed by atoms with Gasteiger partial charge in [-0.3, -0.25) is 18.6 Å². The van der Waals surface area contributed by atoms with Gasteiger partial charge in [-0.1, -0.05) is 145 Å². The van der Waals surface area contributed by atoms with E-state index in [0.717, 1.165) is 38.5 Å². The van der Waals surface area contributed by atoms with E-state index in [0.29, 0.717) is 19.3 Å². The van der Waals surface area contributed by atoms with Crippen LogP contribution < -0.4 is 5.73 Å². The van der Waals surface area contributed by atoms with Crippen LogP contribution in [0.25, 0.3) is 0 Å². The molecule has 51 heavy (non-hydrogen) atoms. The quantitative estimate of drug-likeness (QED) is 0.0188. The fraction of sp³-hybridized carbons (Fsp3) is 0.700. The Morgan fingerprint density at radius 2 is 1.29 bits per heavy atom. The number of rotatable bonds is 35. The van der Waals surface area contributed by atoms with Crippen molar-refractivity contribution in [2.24, 2.45) is 5.73 Å². The molecular weight excluding hydrogens is 669 g/mol. The third kappa shape index (κ3) is 35.8. The molecule has 0 amide bonds. The predicted molar refractivity (Wildman–Crippen MR) is 207 cm³/mol. The van der Waals surface area contributed by atoms with E-state index in [4.69, 9.17) is 24.3 Å². The molecule has 11 heteroatoms. The maximum Gasteiger partial charge on any atom is 0.472 e. The van der Waals surface area contributed by atoms with Gasteiger partial charge in [-0.2, -0.15) is 0 Å².